The Balaban J connectivity index is 1.59. The lowest BCUT2D eigenvalue weighted by atomic mass is 9.83. The van der Waals surface area contributed by atoms with Crippen LogP contribution in [0.3, 0.4) is 0 Å². The van der Waals surface area contributed by atoms with Crippen molar-refractivity contribution in [1.29, 1.82) is 0 Å². The first kappa shape index (κ1) is 22.2. The van der Waals surface area contributed by atoms with E-state index in [4.69, 9.17) is 4.74 Å². The third-order valence-corrected chi connectivity index (χ3v) is 5.68. The maximum atomic E-state index is 12.4. The van der Waals surface area contributed by atoms with Crippen molar-refractivity contribution < 1.29 is 27.8 Å². The number of hydrogen-bond donors (Lipinski definition) is 1. The minimum absolute atomic E-state index is 0.128. The molecule has 0 bridgehead atoms. The second-order valence-electron chi connectivity index (χ2n) is 7.99. The summed E-state index contributed by atoms with van der Waals surface area (Å²) in [6.07, 6.45) is 1.44. The number of halogens is 3. The molecule has 1 heterocycles. The minimum atomic E-state index is -4.75. The molecule has 1 N–H and O–H groups in total. The highest BCUT2D eigenvalue weighted by atomic mass is 19.4. The van der Waals surface area contributed by atoms with E-state index in [1.807, 2.05) is 30.3 Å². The summed E-state index contributed by atoms with van der Waals surface area (Å²) in [5.74, 6) is 0.141. The summed E-state index contributed by atoms with van der Waals surface area (Å²) in [5.41, 5.74) is 2.09. The van der Waals surface area contributed by atoms with Gasteiger partial charge in [0.05, 0.1) is 17.4 Å². The summed E-state index contributed by atoms with van der Waals surface area (Å²) < 4.78 is 48.7. The molecule has 2 aromatic carbocycles. The fourth-order valence-corrected chi connectivity index (χ4v) is 4.05. The van der Waals surface area contributed by atoms with Crippen molar-refractivity contribution in [3.63, 3.8) is 0 Å². The molecule has 3 aromatic rings. The molecule has 1 aliphatic rings. The zero-order valence-electron chi connectivity index (χ0n) is 17.5. The van der Waals surface area contributed by atoms with Gasteiger partial charge in [0.15, 0.2) is 0 Å². The zero-order valence-corrected chi connectivity index (χ0v) is 17.5. The van der Waals surface area contributed by atoms with Gasteiger partial charge < -0.3 is 14.6 Å². The van der Waals surface area contributed by atoms with Gasteiger partial charge in [-0.2, -0.15) is 0 Å². The molecule has 0 spiro atoms. The van der Waals surface area contributed by atoms with Crippen LogP contribution in [0.4, 0.5) is 13.2 Å². The molecule has 5 nitrogen and oxygen atoms in total. The summed E-state index contributed by atoms with van der Waals surface area (Å²) in [4.78, 5) is 0. The highest BCUT2D eigenvalue weighted by molar-refractivity contribution is 5.39. The molecule has 32 heavy (non-hydrogen) atoms. The van der Waals surface area contributed by atoms with Crippen molar-refractivity contribution in [2.45, 2.75) is 51.2 Å². The Morgan fingerprint density at radius 3 is 2.34 bits per heavy atom. The van der Waals surface area contributed by atoms with E-state index in [1.165, 1.54) is 35.4 Å². The first-order chi connectivity index (χ1) is 15.4. The highest BCUT2D eigenvalue weighted by Gasteiger charge is 2.31. The molecule has 8 heteroatoms. The van der Waals surface area contributed by atoms with Gasteiger partial charge in [0.1, 0.15) is 12.4 Å². The van der Waals surface area contributed by atoms with E-state index in [1.54, 1.807) is 6.20 Å². The number of rotatable bonds is 7. The zero-order chi connectivity index (χ0) is 22.6. The number of aromatic nitrogens is 2. The van der Waals surface area contributed by atoms with Gasteiger partial charge in [-0.25, -0.2) is 4.68 Å². The van der Waals surface area contributed by atoms with Crippen molar-refractivity contribution in [3.05, 3.63) is 71.9 Å². The lowest BCUT2D eigenvalue weighted by molar-refractivity contribution is -0.274. The monoisotopic (exact) mass is 446 g/mol. The number of hydrogen-bond acceptors (Lipinski definition) is 4. The Kier molecular flexibility index (Phi) is 6.69. The van der Waals surface area contributed by atoms with E-state index in [0.717, 1.165) is 31.2 Å². The van der Waals surface area contributed by atoms with Gasteiger partial charge in [-0.05, 0) is 48.6 Å². The first-order valence-electron chi connectivity index (χ1n) is 10.7. The lowest BCUT2D eigenvalue weighted by Crippen LogP contribution is -2.17. The molecule has 0 aliphatic heterocycles. The molecule has 1 saturated carbocycles. The van der Waals surface area contributed by atoms with E-state index in [9.17, 15) is 18.3 Å². The van der Waals surface area contributed by atoms with E-state index < -0.39 is 12.5 Å². The van der Waals surface area contributed by atoms with E-state index in [0.29, 0.717) is 23.7 Å². The van der Waals surface area contributed by atoms with Crippen LogP contribution in [0.2, 0.25) is 0 Å². The molecule has 1 atom stereocenters. The maximum Gasteiger partial charge on any atom is 0.573 e. The van der Waals surface area contributed by atoms with Crippen molar-refractivity contribution in [2.75, 3.05) is 0 Å². The summed E-state index contributed by atoms with van der Waals surface area (Å²) in [6.45, 7) is 0.292. The molecule has 1 aliphatic carbocycles. The van der Waals surface area contributed by atoms with Gasteiger partial charge in [0.2, 0.25) is 5.88 Å². The largest absolute Gasteiger partial charge is 0.573 e. The third-order valence-electron chi connectivity index (χ3n) is 5.68. The second kappa shape index (κ2) is 9.65. The predicted molar refractivity (Wildman–Crippen MR) is 113 cm³/mol. The fourth-order valence-electron chi connectivity index (χ4n) is 4.05. The normalized spacial score (nSPS) is 16.0. The van der Waals surface area contributed by atoms with E-state index in [2.05, 4.69) is 9.84 Å². The Hall–Kier alpha value is -3.00. The fraction of sp³-hybridized carbons (Fsp3) is 0.375. The van der Waals surface area contributed by atoms with Crippen LogP contribution in [0, 0.1) is 5.92 Å². The van der Waals surface area contributed by atoms with Gasteiger partial charge in [-0.1, -0.05) is 49.6 Å². The number of aliphatic hydroxyl groups excluding tert-OH is 1. The van der Waals surface area contributed by atoms with Crippen LogP contribution in [-0.4, -0.2) is 21.2 Å². The van der Waals surface area contributed by atoms with Gasteiger partial charge in [-0.15, -0.1) is 18.3 Å². The Morgan fingerprint density at radius 1 is 1.00 bits per heavy atom. The number of benzene rings is 2. The van der Waals surface area contributed by atoms with Crippen LogP contribution in [0.1, 0.15) is 49.3 Å². The molecule has 0 saturated heterocycles. The van der Waals surface area contributed by atoms with Crippen LogP contribution < -0.4 is 9.47 Å². The Labute approximate surface area is 184 Å². The quantitative estimate of drug-likeness (QED) is 0.486. The molecule has 1 unspecified atom stereocenters. The molecule has 0 radical (unpaired) electrons. The summed E-state index contributed by atoms with van der Waals surface area (Å²) in [7, 11) is 0. The van der Waals surface area contributed by atoms with Crippen LogP contribution in [0.15, 0.2) is 60.8 Å². The van der Waals surface area contributed by atoms with Crippen molar-refractivity contribution >= 4 is 0 Å². The van der Waals surface area contributed by atoms with Crippen molar-refractivity contribution in [3.8, 4) is 17.3 Å². The number of ether oxygens (including phenoxy) is 2. The van der Waals surface area contributed by atoms with Gasteiger partial charge in [0, 0.05) is 6.20 Å². The number of alkyl halides is 3. The second-order valence-corrected chi connectivity index (χ2v) is 7.99. The van der Waals surface area contributed by atoms with Gasteiger partial charge in [0.25, 0.3) is 0 Å². The standard InChI is InChI=1S/C24H25F3N2O3/c25-24(26,27)32-20-13-11-19(12-14-20)29-15-21(22(30)18-9-5-2-6-10-18)23(28-29)31-16-17-7-3-1-4-8-17/h1,3-4,7-8,11-15,18,22,30H,2,5-6,9-10,16H2. The number of aliphatic hydroxyl groups is 1. The molecule has 170 valence electrons. The Morgan fingerprint density at radius 2 is 1.69 bits per heavy atom. The summed E-state index contributed by atoms with van der Waals surface area (Å²) in [6, 6.07) is 15.0. The molecule has 4 rings (SSSR count). The predicted octanol–water partition coefficient (Wildman–Crippen LogP) is 5.96. The average Bonchev–Trinajstić information content (AvgIpc) is 3.22. The van der Waals surface area contributed by atoms with E-state index >= 15 is 0 Å². The average molecular weight is 446 g/mol. The third kappa shape index (κ3) is 5.62. The summed E-state index contributed by atoms with van der Waals surface area (Å²) in [5, 5.41) is 15.6. The maximum absolute atomic E-state index is 12.4. The summed E-state index contributed by atoms with van der Waals surface area (Å²) >= 11 is 0. The molecular formula is C24H25F3N2O3. The molecule has 0 amide bonds. The SMILES string of the molecule is OC(c1cn(-c2ccc(OC(F)(F)F)cc2)nc1OCc1ccccc1)C1CCCCC1. The molecule has 1 aromatic heterocycles. The molecular weight excluding hydrogens is 421 g/mol. The van der Waals surface area contributed by atoms with Crippen LogP contribution in [0.5, 0.6) is 11.6 Å². The van der Waals surface area contributed by atoms with Crippen molar-refractivity contribution in [2.24, 2.45) is 5.92 Å². The van der Waals surface area contributed by atoms with Gasteiger partial charge in [-0.3, -0.25) is 0 Å². The highest BCUT2D eigenvalue weighted by Crippen LogP contribution is 2.38. The molecule has 1 fully saturated rings. The van der Waals surface area contributed by atoms with Crippen LogP contribution in [0.25, 0.3) is 5.69 Å². The minimum Gasteiger partial charge on any atom is -0.471 e. The number of nitrogens with zero attached hydrogens (tertiary/aromatic N) is 2. The van der Waals surface area contributed by atoms with Gasteiger partial charge >= 0.3 is 6.36 Å². The first-order valence-corrected chi connectivity index (χ1v) is 10.7. The topological polar surface area (TPSA) is 56.5 Å². The Bertz CT molecular complexity index is 998. The van der Waals surface area contributed by atoms with E-state index in [-0.39, 0.29) is 11.7 Å². The van der Waals surface area contributed by atoms with Crippen LogP contribution in [-0.2, 0) is 6.61 Å². The smallest absolute Gasteiger partial charge is 0.471 e. The lowest BCUT2D eigenvalue weighted by Gasteiger charge is -2.26. The van der Waals surface area contributed by atoms with Crippen molar-refractivity contribution in [1.82, 2.24) is 9.78 Å². The van der Waals surface area contributed by atoms with Crippen LogP contribution >= 0.6 is 0 Å².